The van der Waals surface area contributed by atoms with Gasteiger partial charge in [-0.15, -0.1) is 11.3 Å². The summed E-state index contributed by atoms with van der Waals surface area (Å²) in [5.74, 6) is 0.727. The van der Waals surface area contributed by atoms with Crippen molar-refractivity contribution in [1.29, 1.82) is 0 Å². The Morgan fingerprint density at radius 3 is 2.52 bits per heavy atom. The highest BCUT2D eigenvalue weighted by Crippen LogP contribution is 2.28. The minimum absolute atomic E-state index is 0.727. The second-order valence-corrected chi connectivity index (χ2v) is 6.91. The van der Waals surface area contributed by atoms with Crippen molar-refractivity contribution in [2.75, 3.05) is 24.5 Å². The van der Waals surface area contributed by atoms with E-state index in [4.69, 9.17) is 4.98 Å². The van der Waals surface area contributed by atoms with Gasteiger partial charge in [0.2, 0.25) is 0 Å². The van der Waals surface area contributed by atoms with Gasteiger partial charge >= 0.3 is 0 Å². The maximum Gasteiger partial charge on any atom is 0.185 e. The number of hydrogen-bond donors (Lipinski definition) is 1. The Hall–Kier alpha value is -0.610. The van der Waals surface area contributed by atoms with Crippen molar-refractivity contribution in [3.8, 4) is 0 Å². The predicted octanol–water partition coefficient (Wildman–Crippen LogP) is 4.47. The highest BCUT2D eigenvalue weighted by molar-refractivity contribution is 7.15. The van der Waals surface area contributed by atoms with Gasteiger partial charge in [0.1, 0.15) is 0 Å². The lowest BCUT2D eigenvalue weighted by atomic mass is 10.1. The molecule has 1 N–H and O–H groups in total. The van der Waals surface area contributed by atoms with Gasteiger partial charge in [-0.25, -0.2) is 4.98 Å². The van der Waals surface area contributed by atoms with E-state index in [1.165, 1.54) is 35.0 Å². The van der Waals surface area contributed by atoms with Gasteiger partial charge in [0.15, 0.2) is 5.13 Å². The van der Waals surface area contributed by atoms with Crippen molar-refractivity contribution in [1.82, 2.24) is 10.3 Å². The van der Waals surface area contributed by atoms with E-state index in [0.29, 0.717) is 0 Å². The molecule has 0 aliphatic carbocycles. The molecule has 0 aliphatic heterocycles. The zero-order valence-corrected chi connectivity index (χ0v) is 15.4. The van der Waals surface area contributed by atoms with Gasteiger partial charge in [-0.1, -0.05) is 40.5 Å². The molecule has 1 heterocycles. The van der Waals surface area contributed by atoms with Crippen molar-refractivity contribution in [2.45, 2.75) is 66.8 Å². The van der Waals surface area contributed by atoms with Gasteiger partial charge in [0.05, 0.1) is 5.69 Å². The van der Waals surface area contributed by atoms with E-state index < -0.39 is 0 Å². The van der Waals surface area contributed by atoms with Crippen LogP contribution in [0.25, 0.3) is 0 Å². The molecule has 0 amide bonds. The van der Waals surface area contributed by atoms with Crippen LogP contribution in [0.1, 0.15) is 64.5 Å². The van der Waals surface area contributed by atoms with Crippen molar-refractivity contribution in [3.63, 3.8) is 0 Å². The van der Waals surface area contributed by atoms with E-state index in [-0.39, 0.29) is 0 Å². The van der Waals surface area contributed by atoms with Crippen molar-refractivity contribution < 1.29 is 0 Å². The highest BCUT2D eigenvalue weighted by atomic mass is 32.1. The first kappa shape index (κ1) is 18.4. The molecule has 1 aromatic rings. The van der Waals surface area contributed by atoms with Gasteiger partial charge < -0.3 is 10.2 Å². The molecule has 0 radical (unpaired) electrons. The number of rotatable bonds is 11. The van der Waals surface area contributed by atoms with Crippen LogP contribution in [0.2, 0.25) is 0 Å². The summed E-state index contributed by atoms with van der Waals surface area (Å²) in [5, 5.41) is 4.74. The summed E-state index contributed by atoms with van der Waals surface area (Å²) < 4.78 is 0. The first-order valence-corrected chi connectivity index (χ1v) is 9.41. The van der Waals surface area contributed by atoms with Gasteiger partial charge in [0.25, 0.3) is 0 Å². The van der Waals surface area contributed by atoms with Crippen LogP contribution in [0.5, 0.6) is 0 Å². The number of aromatic nitrogens is 1. The van der Waals surface area contributed by atoms with Crippen LogP contribution in [0.15, 0.2) is 0 Å². The largest absolute Gasteiger partial charge is 0.348 e. The Morgan fingerprint density at radius 1 is 1.19 bits per heavy atom. The molecule has 1 aromatic heterocycles. The summed E-state index contributed by atoms with van der Waals surface area (Å²) in [7, 11) is 0. The van der Waals surface area contributed by atoms with Crippen molar-refractivity contribution in [2.24, 2.45) is 5.92 Å². The lowest BCUT2D eigenvalue weighted by Gasteiger charge is -2.23. The monoisotopic (exact) mass is 311 g/mol. The first-order valence-electron chi connectivity index (χ1n) is 8.60. The number of aryl methyl sites for hydroxylation is 1. The average molecular weight is 312 g/mol. The van der Waals surface area contributed by atoms with E-state index in [0.717, 1.165) is 38.5 Å². The van der Waals surface area contributed by atoms with E-state index in [1.54, 1.807) is 0 Å². The third kappa shape index (κ3) is 5.95. The average Bonchev–Trinajstić information content (AvgIpc) is 2.88. The Bertz CT molecular complexity index is 389. The quantitative estimate of drug-likeness (QED) is 0.611. The Labute approximate surface area is 135 Å². The maximum atomic E-state index is 4.94. The minimum Gasteiger partial charge on any atom is -0.348 e. The summed E-state index contributed by atoms with van der Waals surface area (Å²) in [6, 6.07) is 0. The molecular formula is C17H33N3S. The summed E-state index contributed by atoms with van der Waals surface area (Å²) in [5.41, 5.74) is 1.31. The smallest absolute Gasteiger partial charge is 0.185 e. The van der Waals surface area contributed by atoms with E-state index >= 15 is 0 Å². The van der Waals surface area contributed by atoms with Crippen LogP contribution in [0.4, 0.5) is 5.13 Å². The number of thiazole rings is 1. The topological polar surface area (TPSA) is 28.2 Å². The fraction of sp³-hybridized carbons (Fsp3) is 0.824. The summed E-state index contributed by atoms with van der Waals surface area (Å²) in [6.45, 7) is 15.5. The number of nitrogens with one attached hydrogen (secondary N) is 1. The van der Waals surface area contributed by atoms with Gasteiger partial charge in [-0.05, 0) is 32.2 Å². The fourth-order valence-electron chi connectivity index (χ4n) is 2.30. The lowest BCUT2D eigenvalue weighted by Crippen LogP contribution is -2.27. The minimum atomic E-state index is 0.727. The molecule has 0 fully saturated rings. The van der Waals surface area contributed by atoms with Crippen molar-refractivity contribution >= 4 is 16.5 Å². The Balaban J connectivity index is 2.82. The molecule has 0 aliphatic rings. The molecule has 21 heavy (non-hydrogen) atoms. The molecule has 122 valence electrons. The van der Waals surface area contributed by atoms with Crippen molar-refractivity contribution in [3.05, 3.63) is 10.6 Å². The van der Waals surface area contributed by atoms with Crippen LogP contribution >= 0.6 is 11.3 Å². The lowest BCUT2D eigenvalue weighted by molar-refractivity contribution is 0.547. The first-order chi connectivity index (χ1) is 10.2. The Kier molecular flexibility index (Phi) is 8.93. The summed E-state index contributed by atoms with van der Waals surface area (Å²) >= 11 is 1.89. The normalized spacial score (nSPS) is 12.6. The highest BCUT2D eigenvalue weighted by Gasteiger charge is 2.16. The molecule has 1 unspecified atom stereocenters. The van der Waals surface area contributed by atoms with Gasteiger partial charge in [-0.2, -0.15) is 0 Å². The number of nitrogens with zero attached hydrogens (tertiary/aromatic N) is 2. The molecule has 4 heteroatoms. The molecule has 0 spiro atoms. The third-order valence-electron chi connectivity index (χ3n) is 3.85. The second-order valence-electron chi connectivity index (χ2n) is 5.85. The second kappa shape index (κ2) is 10.2. The van der Waals surface area contributed by atoms with Gasteiger partial charge in [-0.3, -0.25) is 0 Å². The SMILES string of the molecule is CCCNCc1sc(N(CC)CC(C)CC)nc1CCC. The zero-order chi connectivity index (χ0) is 15.7. The number of anilines is 1. The number of hydrogen-bond acceptors (Lipinski definition) is 4. The summed E-state index contributed by atoms with van der Waals surface area (Å²) in [4.78, 5) is 8.82. The van der Waals surface area contributed by atoms with Crippen LogP contribution in [0, 0.1) is 5.92 Å². The molecule has 0 saturated carbocycles. The van der Waals surface area contributed by atoms with E-state index in [9.17, 15) is 0 Å². The van der Waals surface area contributed by atoms with Crippen LogP contribution in [0.3, 0.4) is 0 Å². The Morgan fingerprint density at radius 2 is 1.95 bits per heavy atom. The molecule has 1 rings (SSSR count). The van der Waals surface area contributed by atoms with Gasteiger partial charge in [0, 0.05) is 24.5 Å². The van der Waals surface area contributed by atoms with E-state index in [2.05, 4.69) is 44.8 Å². The maximum absolute atomic E-state index is 4.94. The zero-order valence-electron chi connectivity index (χ0n) is 14.5. The summed E-state index contributed by atoms with van der Waals surface area (Å²) in [6.07, 6.45) is 4.68. The van der Waals surface area contributed by atoms with Crippen LogP contribution in [-0.2, 0) is 13.0 Å². The fourth-order valence-corrected chi connectivity index (χ4v) is 3.45. The predicted molar refractivity (Wildman–Crippen MR) is 95.4 cm³/mol. The molecule has 3 nitrogen and oxygen atoms in total. The molecule has 0 saturated heterocycles. The van der Waals surface area contributed by atoms with Crippen LogP contribution in [-0.4, -0.2) is 24.6 Å². The molecule has 0 aromatic carbocycles. The standard InChI is InChI=1S/C17H33N3S/c1-6-10-15-16(12-18-11-7-2)21-17(19-15)20(9-4)13-14(5)8-3/h14,18H,6-13H2,1-5H3. The van der Waals surface area contributed by atoms with Crippen LogP contribution < -0.4 is 10.2 Å². The molecule has 0 bridgehead atoms. The molecule has 1 atom stereocenters. The third-order valence-corrected chi connectivity index (χ3v) is 5.01. The molecular weight excluding hydrogens is 278 g/mol. The van der Waals surface area contributed by atoms with E-state index in [1.807, 2.05) is 11.3 Å².